The highest BCUT2D eigenvalue weighted by atomic mass is 79.9. The Labute approximate surface area is 160 Å². The van der Waals surface area contributed by atoms with Crippen LogP contribution in [-0.4, -0.2) is 36.6 Å². The van der Waals surface area contributed by atoms with Crippen molar-refractivity contribution in [3.8, 4) is 16.5 Å². The van der Waals surface area contributed by atoms with E-state index in [0.29, 0.717) is 26.2 Å². The average Bonchev–Trinajstić information content (AvgIpc) is 3.13. The lowest BCUT2D eigenvalue weighted by atomic mass is 10.1. The molecule has 0 atom stereocenters. The Morgan fingerprint density at radius 1 is 1.24 bits per heavy atom. The lowest BCUT2D eigenvalue weighted by molar-refractivity contribution is 0.0299. The van der Waals surface area contributed by atoms with E-state index in [1.165, 1.54) is 11.3 Å². The van der Waals surface area contributed by atoms with E-state index in [4.69, 9.17) is 10.00 Å². The molecule has 6 heteroatoms. The highest BCUT2D eigenvalue weighted by Gasteiger charge is 2.27. The van der Waals surface area contributed by atoms with Crippen LogP contribution in [-0.2, 0) is 4.74 Å². The van der Waals surface area contributed by atoms with Gasteiger partial charge in [-0.15, -0.1) is 11.3 Å². The molecule has 1 saturated heterocycles. The van der Waals surface area contributed by atoms with Gasteiger partial charge in [0.2, 0.25) is 0 Å². The van der Waals surface area contributed by atoms with Crippen LogP contribution < -0.4 is 0 Å². The van der Waals surface area contributed by atoms with Crippen molar-refractivity contribution in [1.82, 2.24) is 4.90 Å². The number of halogens is 1. The number of carbonyl (C=O) groups is 1. The van der Waals surface area contributed by atoms with Crippen LogP contribution in [0.5, 0.6) is 0 Å². The molecular formula is C19H19BrN2O2S. The molecule has 0 N–H and O–H groups in total. The quantitative estimate of drug-likeness (QED) is 0.705. The summed E-state index contributed by atoms with van der Waals surface area (Å²) in [4.78, 5) is 16.7. The fourth-order valence-electron chi connectivity index (χ4n) is 2.98. The first-order chi connectivity index (χ1) is 12.2. The standard InChI is InChI=1S/C19H19BrN2O2S/c20-15-4-2-14(3-5-15)17-6-7-18(25-17)19(23)22(11-1-10-21)16-8-12-24-13-9-16/h2-7,16H,1,8-9,11-13H2. The topological polar surface area (TPSA) is 53.3 Å². The zero-order valence-electron chi connectivity index (χ0n) is 13.8. The Bertz CT molecular complexity index is 760. The molecule has 1 aromatic heterocycles. The molecule has 4 nitrogen and oxygen atoms in total. The van der Waals surface area contributed by atoms with Crippen LogP contribution in [0, 0.1) is 11.3 Å². The van der Waals surface area contributed by atoms with Crippen molar-refractivity contribution in [2.75, 3.05) is 19.8 Å². The van der Waals surface area contributed by atoms with Crippen LogP contribution in [0.3, 0.4) is 0 Å². The third-order valence-electron chi connectivity index (χ3n) is 4.30. The largest absolute Gasteiger partial charge is 0.381 e. The molecule has 0 spiro atoms. The van der Waals surface area contributed by atoms with E-state index < -0.39 is 0 Å². The van der Waals surface area contributed by atoms with Gasteiger partial charge in [0.15, 0.2) is 0 Å². The molecule has 1 aromatic carbocycles. The summed E-state index contributed by atoms with van der Waals surface area (Å²) in [6.45, 7) is 1.83. The predicted octanol–water partition coefficient (Wildman–Crippen LogP) is 4.71. The van der Waals surface area contributed by atoms with Gasteiger partial charge in [-0.1, -0.05) is 28.1 Å². The number of rotatable bonds is 5. The fourth-order valence-corrected chi connectivity index (χ4v) is 4.21. The molecule has 0 unspecified atom stereocenters. The average molecular weight is 419 g/mol. The van der Waals surface area contributed by atoms with E-state index in [-0.39, 0.29) is 11.9 Å². The summed E-state index contributed by atoms with van der Waals surface area (Å²) in [7, 11) is 0. The molecule has 0 aliphatic carbocycles. The maximum Gasteiger partial charge on any atom is 0.264 e. The van der Waals surface area contributed by atoms with Crippen molar-refractivity contribution in [3.63, 3.8) is 0 Å². The number of benzene rings is 1. The van der Waals surface area contributed by atoms with Crippen LogP contribution in [0.2, 0.25) is 0 Å². The predicted molar refractivity (Wildman–Crippen MR) is 103 cm³/mol. The molecule has 0 saturated carbocycles. The maximum atomic E-state index is 13.0. The lowest BCUT2D eigenvalue weighted by Gasteiger charge is -2.33. The molecule has 1 fully saturated rings. The second-order valence-corrected chi connectivity index (χ2v) is 7.92. The molecule has 130 valence electrons. The summed E-state index contributed by atoms with van der Waals surface area (Å²) in [6, 6.07) is 14.3. The second-order valence-electron chi connectivity index (χ2n) is 5.92. The van der Waals surface area contributed by atoms with Gasteiger partial charge in [-0.25, -0.2) is 0 Å². The van der Waals surface area contributed by atoms with Gasteiger partial charge in [0.25, 0.3) is 5.91 Å². The van der Waals surface area contributed by atoms with Gasteiger partial charge in [0, 0.05) is 35.2 Å². The van der Waals surface area contributed by atoms with E-state index in [0.717, 1.165) is 32.6 Å². The highest BCUT2D eigenvalue weighted by Crippen LogP contribution is 2.30. The van der Waals surface area contributed by atoms with Gasteiger partial charge in [-0.2, -0.15) is 5.26 Å². The number of ether oxygens (including phenoxy) is 1. The minimum absolute atomic E-state index is 0.0236. The molecule has 2 heterocycles. The van der Waals surface area contributed by atoms with Crippen molar-refractivity contribution in [2.45, 2.75) is 25.3 Å². The van der Waals surface area contributed by atoms with Gasteiger partial charge in [0.05, 0.1) is 17.4 Å². The Morgan fingerprint density at radius 3 is 2.64 bits per heavy atom. The number of carbonyl (C=O) groups excluding carboxylic acids is 1. The maximum absolute atomic E-state index is 13.0. The first kappa shape index (κ1) is 18.1. The summed E-state index contributed by atoms with van der Waals surface area (Å²) >= 11 is 4.94. The molecule has 1 aliphatic rings. The first-order valence-corrected chi connectivity index (χ1v) is 9.91. The third kappa shape index (κ3) is 4.49. The Kier molecular flexibility index (Phi) is 6.24. The number of nitrogens with zero attached hydrogens (tertiary/aromatic N) is 2. The van der Waals surface area contributed by atoms with Crippen LogP contribution >= 0.6 is 27.3 Å². The molecular weight excluding hydrogens is 400 g/mol. The summed E-state index contributed by atoms with van der Waals surface area (Å²) in [6.07, 6.45) is 2.03. The lowest BCUT2D eigenvalue weighted by Crippen LogP contribution is -2.43. The van der Waals surface area contributed by atoms with Crippen LogP contribution in [0.1, 0.15) is 28.9 Å². The van der Waals surface area contributed by atoms with Crippen LogP contribution in [0.25, 0.3) is 10.4 Å². The summed E-state index contributed by atoms with van der Waals surface area (Å²) in [5.41, 5.74) is 1.10. The van der Waals surface area contributed by atoms with Crippen molar-refractivity contribution < 1.29 is 9.53 Å². The van der Waals surface area contributed by atoms with Gasteiger partial charge in [-0.05, 0) is 42.7 Å². The Balaban J connectivity index is 1.79. The molecule has 2 aromatic rings. The zero-order valence-corrected chi connectivity index (χ0v) is 16.2. The van der Waals surface area contributed by atoms with Gasteiger partial charge in [0.1, 0.15) is 0 Å². The fraction of sp³-hybridized carbons (Fsp3) is 0.368. The molecule has 3 rings (SSSR count). The number of thiophene rings is 1. The highest BCUT2D eigenvalue weighted by molar-refractivity contribution is 9.10. The number of amides is 1. The summed E-state index contributed by atoms with van der Waals surface area (Å²) in [5.74, 6) is 0.0236. The number of hydrogen-bond acceptors (Lipinski definition) is 4. The van der Waals surface area contributed by atoms with Gasteiger partial charge >= 0.3 is 0 Å². The van der Waals surface area contributed by atoms with E-state index >= 15 is 0 Å². The molecule has 25 heavy (non-hydrogen) atoms. The molecule has 0 bridgehead atoms. The molecule has 1 aliphatic heterocycles. The van der Waals surface area contributed by atoms with Crippen molar-refractivity contribution in [3.05, 3.63) is 45.7 Å². The normalized spacial score (nSPS) is 14.9. The van der Waals surface area contributed by atoms with E-state index in [2.05, 4.69) is 22.0 Å². The van der Waals surface area contributed by atoms with Gasteiger partial charge < -0.3 is 9.64 Å². The van der Waals surface area contributed by atoms with Crippen molar-refractivity contribution in [1.29, 1.82) is 5.26 Å². The van der Waals surface area contributed by atoms with Crippen LogP contribution in [0.15, 0.2) is 40.9 Å². The van der Waals surface area contributed by atoms with E-state index in [1.54, 1.807) is 0 Å². The van der Waals surface area contributed by atoms with Crippen LogP contribution in [0.4, 0.5) is 0 Å². The zero-order chi connectivity index (χ0) is 17.6. The first-order valence-electron chi connectivity index (χ1n) is 8.30. The van der Waals surface area contributed by atoms with Crippen molar-refractivity contribution in [2.24, 2.45) is 0 Å². The smallest absolute Gasteiger partial charge is 0.264 e. The number of hydrogen-bond donors (Lipinski definition) is 0. The Morgan fingerprint density at radius 2 is 1.96 bits per heavy atom. The van der Waals surface area contributed by atoms with Crippen molar-refractivity contribution >= 4 is 33.2 Å². The number of nitriles is 1. The second kappa shape index (κ2) is 8.61. The summed E-state index contributed by atoms with van der Waals surface area (Å²) < 4.78 is 6.44. The Hall–Kier alpha value is -1.68. The van der Waals surface area contributed by atoms with E-state index in [1.807, 2.05) is 41.3 Å². The summed E-state index contributed by atoms with van der Waals surface area (Å²) in [5, 5.41) is 8.93. The minimum Gasteiger partial charge on any atom is -0.381 e. The van der Waals surface area contributed by atoms with E-state index in [9.17, 15) is 4.79 Å². The molecule has 1 amide bonds. The third-order valence-corrected chi connectivity index (χ3v) is 5.95. The SMILES string of the molecule is N#CCCN(C(=O)c1ccc(-c2ccc(Br)cc2)s1)C1CCOCC1. The monoisotopic (exact) mass is 418 g/mol. The molecule has 0 radical (unpaired) electrons. The minimum atomic E-state index is 0.0236. The van der Waals surface area contributed by atoms with Gasteiger partial charge in [-0.3, -0.25) is 4.79 Å².